The number of nitrogens with zero attached hydrogens (tertiary/aromatic N) is 2. The van der Waals surface area contributed by atoms with E-state index in [1.54, 1.807) is 19.2 Å². The average Bonchev–Trinajstić information content (AvgIpc) is 2.86. The van der Waals surface area contributed by atoms with Crippen molar-refractivity contribution in [3.8, 4) is 0 Å². The smallest absolute Gasteiger partial charge is 0.330 e. The van der Waals surface area contributed by atoms with Gasteiger partial charge in [-0.15, -0.1) is 0 Å². The van der Waals surface area contributed by atoms with E-state index in [0.717, 1.165) is 31.6 Å². The van der Waals surface area contributed by atoms with Gasteiger partial charge in [0.25, 0.3) is 0 Å². The molecule has 98 valence electrons. The van der Waals surface area contributed by atoms with Crippen molar-refractivity contribution in [1.29, 1.82) is 0 Å². The SMILES string of the molecule is CCOC(=O)/C=C/c1ccnn1C1CCCCO1. The van der Waals surface area contributed by atoms with Gasteiger partial charge < -0.3 is 9.47 Å². The molecule has 0 amide bonds. The van der Waals surface area contributed by atoms with E-state index in [4.69, 9.17) is 9.47 Å². The Kier molecular flexibility index (Phi) is 4.52. The van der Waals surface area contributed by atoms with Crippen molar-refractivity contribution in [3.63, 3.8) is 0 Å². The van der Waals surface area contributed by atoms with Crippen LogP contribution in [-0.2, 0) is 14.3 Å². The molecule has 1 fully saturated rings. The van der Waals surface area contributed by atoms with Gasteiger partial charge in [0.1, 0.15) is 0 Å². The number of hydrogen-bond acceptors (Lipinski definition) is 4. The number of aromatic nitrogens is 2. The van der Waals surface area contributed by atoms with Crippen molar-refractivity contribution in [2.75, 3.05) is 13.2 Å². The van der Waals surface area contributed by atoms with E-state index in [2.05, 4.69) is 5.10 Å². The normalized spacial score (nSPS) is 20.2. The molecular weight excluding hydrogens is 232 g/mol. The van der Waals surface area contributed by atoms with Crippen LogP contribution in [0, 0.1) is 0 Å². The van der Waals surface area contributed by atoms with Gasteiger partial charge in [0.15, 0.2) is 6.23 Å². The molecule has 18 heavy (non-hydrogen) atoms. The highest BCUT2D eigenvalue weighted by Crippen LogP contribution is 2.23. The summed E-state index contributed by atoms with van der Waals surface area (Å²) < 4.78 is 12.3. The molecule has 0 saturated carbocycles. The van der Waals surface area contributed by atoms with Gasteiger partial charge in [-0.2, -0.15) is 5.10 Å². The van der Waals surface area contributed by atoms with E-state index in [-0.39, 0.29) is 12.2 Å². The van der Waals surface area contributed by atoms with Crippen LogP contribution in [0.5, 0.6) is 0 Å². The maximum atomic E-state index is 11.3. The van der Waals surface area contributed by atoms with Crippen molar-refractivity contribution in [1.82, 2.24) is 9.78 Å². The predicted molar refractivity (Wildman–Crippen MR) is 66.7 cm³/mol. The second-order valence-electron chi connectivity index (χ2n) is 4.11. The second kappa shape index (κ2) is 6.35. The number of carbonyl (C=O) groups is 1. The quantitative estimate of drug-likeness (QED) is 0.607. The van der Waals surface area contributed by atoms with Crippen LogP contribution < -0.4 is 0 Å². The fourth-order valence-corrected chi connectivity index (χ4v) is 1.96. The monoisotopic (exact) mass is 250 g/mol. The Balaban J connectivity index is 2.05. The van der Waals surface area contributed by atoms with Crippen LogP contribution in [0.25, 0.3) is 6.08 Å². The summed E-state index contributed by atoms with van der Waals surface area (Å²) in [7, 11) is 0. The van der Waals surface area contributed by atoms with Crippen LogP contribution in [0.3, 0.4) is 0 Å². The summed E-state index contributed by atoms with van der Waals surface area (Å²) >= 11 is 0. The van der Waals surface area contributed by atoms with E-state index in [1.807, 2.05) is 10.7 Å². The molecule has 1 aromatic heterocycles. The number of carbonyl (C=O) groups excluding carboxylic acids is 1. The molecule has 1 unspecified atom stereocenters. The Hall–Kier alpha value is -1.62. The summed E-state index contributed by atoms with van der Waals surface area (Å²) in [4.78, 5) is 11.3. The van der Waals surface area contributed by atoms with Crippen LogP contribution >= 0.6 is 0 Å². The molecule has 0 radical (unpaired) electrons. The van der Waals surface area contributed by atoms with Gasteiger partial charge in [0.2, 0.25) is 0 Å². The zero-order chi connectivity index (χ0) is 12.8. The number of esters is 1. The fourth-order valence-electron chi connectivity index (χ4n) is 1.96. The van der Waals surface area contributed by atoms with E-state index < -0.39 is 0 Å². The Morgan fingerprint density at radius 2 is 2.56 bits per heavy atom. The van der Waals surface area contributed by atoms with Gasteiger partial charge >= 0.3 is 5.97 Å². The molecule has 1 aliphatic heterocycles. The molecule has 1 saturated heterocycles. The van der Waals surface area contributed by atoms with E-state index in [9.17, 15) is 4.79 Å². The van der Waals surface area contributed by atoms with Gasteiger partial charge in [-0.25, -0.2) is 9.48 Å². The van der Waals surface area contributed by atoms with Gasteiger partial charge in [-0.1, -0.05) is 0 Å². The molecule has 0 aromatic carbocycles. The average molecular weight is 250 g/mol. The largest absolute Gasteiger partial charge is 0.463 e. The van der Waals surface area contributed by atoms with E-state index >= 15 is 0 Å². The van der Waals surface area contributed by atoms with Crippen molar-refractivity contribution >= 4 is 12.0 Å². The minimum atomic E-state index is -0.338. The Bertz CT molecular complexity index is 420. The third kappa shape index (κ3) is 3.20. The lowest BCUT2D eigenvalue weighted by Crippen LogP contribution is -2.20. The molecular formula is C13H18N2O3. The first-order chi connectivity index (χ1) is 8.81. The molecule has 5 nitrogen and oxygen atoms in total. The van der Waals surface area contributed by atoms with Crippen LogP contribution in [0.1, 0.15) is 38.1 Å². The zero-order valence-corrected chi connectivity index (χ0v) is 10.5. The summed E-state index contributed by atoms with van der Waals surface area (Å²) in [6.45, 7) is 2.94. The van der Waals surface area contributed by atoms with Crippen LogP contribution in [0.15, 0.2) is 18.3 Å². The fraction of sp³-hybridized carbons (Fsp3) is 0.538. The molecule has 2 rings (SSSR count). The summed E-state index contributed by atoms with van der Waals surface area (Å²) in [6.07, 6.45) is 8.03. The molecule has 1 atom stereocenters. The van der Waals surface area contributed by atoms with Crippen LogP contribution in [-0.4, -0.2) is 29.0 Å². The molecule has 0 spiro atoms. The van der Waals surface area contributed by atoms with Crippen molar-refractivity contribution < 1.29 is 14.3 Å². The number of ether oxygens (including phenoxy) is 2. The topological polar surface area (TPSA) is 53.3 Å². The van der Waals surface area contributed by atoms with Gasteiger partial charge in [-0.3, -0.25) is 0 Å². The highest BCUT2D eigenvalue weighted by molar-refractivity contribution is 5.86. The lowest BCUT2D eigenvalue weighted by molar-refractivity contribution is -0.137. The standard InChI is InChI=1S/C13H18N2O3/c1-2-17-13(16)7-6-11-8-9-14-15(11)12-5-3-4-10-18-12/h6-9,12H,2-5,10H2,1H3/b7-6+. The summed E-state index contributed by atoms with van der Waals surface area (Å²) in [5.74, 6) is -0.338. The molecule has 1 aliphatic rings. The maximum Gasteiger partial charge on any atom is 0.330 e. The molecule has 0 N–H and O–H groups in total. The molecule has 0 aliphatic carbocycles. The second-order valence-corrected chi connectivity index (χ2v) is 4.11. The Morgan fingerprint density at radius 3 is 3.28 bits per heavy atom. The lowest BCUT2D eigenvalue weighted by Gasteiger charge is -2.23. The Morgan fingerprint density at radius 1 is 1.67 bits per heavy atom. The third-order valence-corrected chi connectivity index (χ3v) is 2.81. The molecule has 5 heteroatoms. The number of rotatable bonds is 4. The predicted octanol–water partition coefficient (Wildman–Crippen LogP) is 2.16. The highest BCUT2D eigenvalue weighted by atomic mass is 16.5. The number of hydrogen-bond donors (Lipinski definition) is 0. The maximum absolute atomic E-state index is 11.3. The highest BCUT2D eigenvalue weighted by Gasteiger charge is 2.17. The molecule has 0 bridgehead atoms. The lowest BCUT2D eigenvalue weighted by atomic mass is 10.2. The van der Waals surface area contributed by atoms with Crippen molar-refractivity contribution in [2.24, 2.45) is 0 Å². The van der Waals surface area contributed by atoms with Crippen molar-refractivity contribution in [3.05, 3.63) is 24.0 Å². The molecule has 1 aromatic rings. The Labute approximate surface area is 106 Å². The van der Waals surface area contributed by atoms with Crippen LogP contribution in [0.4, 0.5) is 0 Å². The minimum absolute atomic E-state index is 0.0180. The first kappa shape index (κ1) is 12.8. The van der Waals surface area contributed by atoms with E-state index in [0.29, 0.717) is 6.61 Å². The van der Waals surface area contributed by atoms with Gasteiger partial charge in [-0.05, 0) is 38.3 Å². The molecule has 2 heterocycles. The van der Waals surface area contributed by atoms with Gasteiger partial charge in [0, 0.05) is 18.9 Å². The van der Waals surface area contributed by atoms with Crippen LogP contribution in [0.2, 0.25) is 0 Å². The summed E-state index contributed by atoms with van der Waals surface area (Å²) in [5, 5.41) is 4.25. The first-order valence-electron chi connectivity index (χ1n) is 6.31. The van der Waals surface area contributed by atoms with Gasteiger partial charge in [0.05, 0.1) is 12.3 Å². The minimum Gasteiger partial charge on any atom is -0.463 e. The third-order valence-electron chi connectivity index (χ3n) is 2.81. The zero-order valence-electron chi connectivity index (χ0n) is 10.5. The summed E-state index contributed by atoms with van der Waals surface area (Å²) in [5.41, 5.74) is 0.856. The van der Waals surface area contributed by atoms with E-state index in [1.165, 1.54) is 6.08 Å². The first-order valence-corrected chi connectivity index (χ1v) is 6.31. The summed E-state index contributed by atoms with van der Waals surface area (Å²) in [6, 6.07) is 1.85. The van der Waals surface area contributed by atoms with Crippen molar-refractivity contribution in [2.45, 2.75) is 32.4 Å².